The van der Waals surface area contributed by atoms with Crippen LogP contribution < -0.4 is 10.6 Å². The topological polar surface area (TPSA) is 111 Å². The molecule has 0 aliphatic rings. The normalized spacial score (nSPS) is 12.9. The number of carbonyl (C=O) groups excluding carboxylic acids is 4. The molecule has 2 amide bonds. The maximum absolute atomic E-state index is 13.3. The average molecular weight is 549 g/mol. The number of benzene rings is 3. The van der Waals surface area contributed by atoms with Crippen LogP contribution in [0, 0.1) is 0 Å². The molecule has 3 unspecified atom stereocenters. The summed E-state index contributed by atoms with van der Waals surface area (Å²) in [4.78, 5) is 51.6. The van der Waals surface area contributed by atoms with E-state index in [1.807, 2.05) is 30.3 Å². The van der Waals surface area contributed by atoms with Crippen LogP contribution in [-0.4, -0.2) is 48.8 Å². The molecule has 3 aromatic rings. The van der Waals surface area contributed by atoms with E-state index in [-0.39, 0.29) is 12.2 Å². The van der Waals surface area contributed by atoms with E-state index >= 15 is 0 Å². The Labute approximate surface area is 232 Å². The quantitative estimate of drug-likeness (QED) is 0.310. The summed E-state index contributed by atoms with van der Waals surface area (Å²) in [7, 11) is 1.25. The van der Waals surface area contributed by atoms with Gasteiger partial charge in [-0.15, -0.1) is 0 Å². The number of rotatable bonds is 13. The molecule has 0 saturated carbocycles. The number of esters is 2. The Kier molecular flexibility index (Phi) is 11.6. The highest BCUT2D eigenvalue weighted by Gasteiger charge is 2.31. The first-order chi connectivity index (χ1) is 18.9. The number of thioether (sulfide) groups is 1. The van der Waals surface area contributed by atoms with Crippen molar-refractivity contribution in [2.45, 2.75) is 37.3 Å². The molecule has 0 saturated heterocycles. The Hall–Kier alpha value is -4.11. The van der Waals surface area contributed by atoms with Crippen molar-refractivity contribution in [2.24, 2.45) is 0 Å². The minimum absolute atomic E-state index is 0.163. The van der Waals surface area contributed by atoms with Gasteiger partial charge in [-0.3, -0.25) is 9.59 Å². The Balaban J connectivity index is 1.68. The van der Waals surface area contributed by atoms with Gasteiger partial charge in [0.15, 0.2) is 12.1 Å². The maximum atomic E-state index is 13.3. The fraction of sp³-hybridized carbons (Fsp3) is 0.267. The highest BCUT2D eigenvalue weighted by atomic mass is 32.2. The number of nitrogens with one attached hydrogen (secondary N) is 2. The summed E-state index contributed by atoms with van der Waals surface area (Å²) >= 11 is 1.47. The second-order valence-corrected chi connectivity index (χ2v) is 9.63. The molecule has 0 bridgehead atoms. The van der Waals surface area contributed by atoms with Crippen LogP contribution in [0.2, 0.25) is 0 Å². The van der Waals surface area contributed by atoms with Crippen molar-refractivity contribution in [1.29, 1.82) is 0 Å². The largest absolute Gasteiger partial charge is 0.467 e. The molecule has 0 fully saturated rings. The molecule has 3 rings (SSSR count). The summed E-state index contributed by atoms with van der Waals surface area (Å²) in [6.07, 6.45) is -1.01. The van der Waals surface area contributed by atoms with Gasteiger partial charge in [0, 0.05) is 17.1 Å². The van der Waals surface area contributed by atoms with Crippen LogP contribution in [0.4, 0.5) is 0 Å². The number of amides is 2. The van der Waals surface area contributed by atoms with Crippen molar-refractivity contribution < 1.29 is 28.7 Å². The first-order valence-electron chi connectivity index (χ1n) is 12.5. The lowest BCUT2D eigenvalue weighted by Crippen LogP contribution is -2.49. The third kappa shape index (κ3) is 9.00. The van der Waals surface area contributed by atoms with Crippen LogP contribution in [0.3, 0.4) is 0 Å². The van der Waals surface area contributed by atoms with Crippen LogP contribution in [0.15, 0.2) is 91.0 Å². The molecule has 0 spiro atoms. The maximum Gasteiger partial charge on any atom is 0.334 e. The number of hydrogen-bond donors (Lipinski definition) is 2. The summed E-state index contributed by atoms with van der Waals surface area (Å²) in [5, 5.41) is 5.36. The second kappa shape index (κ2) is 15.3. The predicted molar refractivity (Wildman–Crippen MR) is 150 cm³/mol. The molecule has 0 radical (unpaired) electrons. The molecule has 0 aromatic heterocycles. The fourth-order valence-electron chi connectivity index (χ4n) is 3.70. The summed E-state index contributed by atoms with van der Waals surface area (Å²) < 4.78 is 10.4. The molecule has 3 atom stereocenters. The van der Waals surface area contributed by atoms with Gasteiger partial charge in [-0.2, -0.15) is 11.8 Å². The van der Waals surface area contributed by atoms with E-state index in [0.29, 0.717) is 16.9 Å². The van der Waals surface area contributed by atoms with Crippen LogP contribution in [0.25, 0.3) is 0 Å². The van der Waals surface area contributed by atoms with Crippen molar-refractivity contribution in [1.82, 2.24) is 10.6 Å². The summed E-state index contributed by atoms with van der Waals surface area (Å²) in [6.45, 7) is 1.69. The van der Waals surface area contributed by atoms with Crippen molar-refractivity contribution >= 4 is 35.5 Å². The van der Waals surface area contributed by atoms with Crippen molar-refractivity contribution in [3.05, 3.63) is 108 Å². The summed E-state index contributed by atoms with van der Waals surface area (Å²) in [5.41, 5.74) is 1.97. The third-order valence-electron chi connectivity index (χ3n) is 5.80. The molecule has 8 nitrogen and oxygen atoms in total. The predicted octanol–water partition coefficient (Wildman–Crippen LogP) is 4.07. The molecule has 9 heteroatoms. The number of carbonyl (C=O) groups is 4. The van der Waals surface area contributed by atoms with Crippen molar-refractivity contribution in [3.63, 3.8) is 0 Å². The van der Waals surface area contributed by atoms with Gasteiger partial charge in [-0.1, -0.05) is 85.8 Å². The van der Waals surface area contributed by atoms with Crippen LogP contribution in [0.5, 0.6) is 0 Å². The number of hydrogen-bond acceptors (Lipinski definition) is 7. The molecule has 0 heterocycles. The summed E-state index contributed by atoms with van der Waals surface area (Å²) in [6, 6.07) is 24.8. The molecule has 3 aromatic carbocycles. The first kappa shape index (κ1) is 29.4. The lowest BCUT2D eigenvalue weighted by molar-refractivity contribution is -0.159. The van der Waals surface area contributed by atoms with Gasteiger partial charge in [0.25, 0.3) is 11.8 Å². The van der Waals surface area contributed by atoms with E-state index in [2.05, 4.69) is 10.6 Å². The zero-order chi connectivity index (χ0) is 28.0. The Bertz CT molecular complexity index is 1220. The zero-order valence-corrected chi connectivity index (χ0v) is 22.7. The smallest absolute Gasteiger partial charge is 0.334 e. The SMILES string of the molecule is CCC(OC(=O)C(NC(=O)c1ccccc1)c1ccccc1)C(=O)NC(CSCc1ccccc1)C(=O)OC. The molecule has 2 N–H and O–H groups in total. The van der Waals surface area contributed by atoms with Crippen LogP contribution >= 0.6 is 11.8 Å². The fourth-order valence-corrected chi connectivity index (χ4v) is 4.70. The van der Waals surface area contributed by atoms with Gasteiger partial charge in [-0.05, 0) is 29.7 Å². The van der Waals surface area contributed by atoms with E-state index in [0.717, 1.165) is 5.56 Å². The molecule has 204 valence electrons. The number of ether oxygens (including phenoxy) is 2. The molecule has 0 aliphatic carbocycles. The molecular formula is C30H32N2O6S. The lowest BCUT2D eigenvalue weighted by Gasteiger charge is -2.23. The molecular weight excluding hydrogens is 516 g/mol. The standard InChI is InChI=1S/C30H32N2O6S/c1-3-25(28(34)31-24(29(35)37-2)20-39-19-21-13-7-4-8-14-21)38-30(36)26(22-15-9-5-10-16-22)32-27(33)23-17-11-6-12-18-23/h4-18,24-26H,3,19-20H2,1-2H3,(H,31,34)(H,32,33). The van der Waals surface area contributed by atoms with E-state index in [1.54, 1.807) is 67.6 Å². The van der Waals surface area contributed by atoms with Gasteiger partial charge in [0.1, 0.15) is 6.04 Å². The zero-order valence-electron chi connectivity index (χ0n) is 21.9. The van der Waals surface area contributed by atoms with Gasteiger partial charge in [0.05, 0.1) is 7.11 Å². The minimum Gasteiger partial charge on any atom is -0.467 e. The molecule has 0 aliphatic heterocycles. The van der Waals surface area contributed by atoms with E-state index in [4.69, 9.17) is 9.47 Å². The lowest BCUT2D eigenvalue weighted by atomic mass is 10.1. The molecule has 39 heavy (non-hydrogen) atoms. The van der Waals surface area contributed by atoms with E-state index in [1.165, 1.54) is 18.9 Å². The van der Waals surface area contributed by atoms with Gasteiger partial charge in [0.2, 0.25) is 0 Å². The monoisotopic (exact) mass is 548 g/mol. The summed E-state index contributed by atoms with van der Waals surface area (Å²) in [5.74, 6) is -1.54. The Morgan fingerprint density at radius 3 is 1.97 bits per heavy atom. The van der Waals surface area contributed by atoms with E-state index in [9.17, 15) is 19.2 Å². The van der Waals surface area contributed by atoms with Crippen LogP contribution in [0.1, 0.15) is 40.9 Å². The van der Waals surface area contributed by atoms with Crippen molar-refractivity contribution in [2.75, 3.05) is 12.9 Å². The number of methoxy groups -OCH3 is 1. The van der Waals surface area contributed by atoms with Crippen LogP contribution in [-0.2, 0) is 29.6 Å². The van der Waals surface area contributed by atoms with Crippen molar-refractivity contribution in [3.8, 4) is 0 Å². The highest BCUT2D eigenvalue weighted by Crippen LogP contribution is 2.18. The Morgan fingerprint density at radius 2 is 1.38 bits per heavy atom. The average Bonchev–Trinajstić information content (AvgIpc) is 2.98. The highest BCUT2D eigenvalue weighted by molar-refractivity contribution is 7.98. The van der Waals surface area contributed by atoms with Gasteiger partial charge < -0.3 is 20.1 Å². The first-order valence-corrected chi connectivity index (χ1v) is 13.7. The van der Waals surface area contributed by atoms with Gasteiger partial charge in [-0.25, -0.2) is 9.59 Å². The third-order valence-corrected chi connectivity index (χ3v) is 6.91. The minimum atomic E-state index is -1.18. The second-order valence-electron chi connectivity index (χ2n) is 8.60. The van der Waals surface area contributed by atoms with E-state index < -0.39 is 41.9 Å². The Morgan fingerprint density at radius 1 is 0.795 bits per heavy atom. The van der Waals surface area contributed by atoms with Gasteiger partial charge >= 0.3 is 11.9 Å².